The average Bonchev–Trinajstić information content (AvgIpc) is 2.46. The molecule has 0 spiro atoms. The summed E-state index contributed by atoms with van der Waals surface area (Å²) in [4.78, 5) is 7.54. The van der Waals surface area contributed by atoms with Gasteiger partial charge < -0.3 is 4.98 Å². The van der Waals surface area contributed by atoms with Gasteiger partial charge in [-0.2, -0.15) is 0 Å². The van der Waals surface area contributed by atoms with Gasteiger partial charge in [-0.1, -0.05) is 27.0 Å². The maximum atomic E-state index is 4.35. The second-order valence-electron chi connectivity index (χ2n) is 2.98. The fourth-order valence-electron chi connectivity index (χ4n) is 1.00. The summed E-state index contributed by atoms with van der Waals surface area (Å²) in [7, 11) is 0. The molecule has 1 N–H and O–H groups in total. The Morgan fingerprint density at radius 3 is 2.33 bits per heavy atom. The van der Waals surface area contributed by atoms with Crippen molar-refractivity contribution in [2.24, 2.45) is 0 Å². The highest BCUT2D eigenvalue weighted by Gasteiger charge is 2.06. The van der Waals surface area contributed by atoms with Crippen LogP contribution >= 0.6 is 0 Å². The molecule has 1 aromatic heterocycles. The van der Waals surface area contributed by atoms with Crippen molar-refractivity contribution in [2.75, 3.05) is 0 Å². The molecule has 0 aliphatic carbocycles. The minimum Gasteiger partial charge on any atom is -0.342 e. The standard InChI is InChI=1S/C10H14N2/c1-5-8-9(6-2)12-10(11-8)7(3)4/h5-7H,1-2H2,3-4H3,(H,11,12). The van der Waals surface area contributed by atoms with Crippen molar-refractivity contribution in [1.29, 1.82) is 0 Å². The quantitative estimate of drug-likeness (QED) is 0.727. The van der Waals surface area contributed by atoms with Crippen LogP contribution in [-0.4, -0.2) is 9.97 Å². The molecule has 1 aromatic rings. The maximum absolute atomic E-state index is 4.35. The number of aromatic amines is 1. The predicted octanol–water partition coefficient (Wildman–Crippen LogP) is 2.82. The van der Waals surface area contributed by atoms with Gasteiger partial charge in [0.25, 0.3) is 0 Å². The van der Waals surface area contributed by atoms with Crippen molar-refractivity contribution in [1.82, 2.24) is 9.97 Å². The molecule has 2 heteroatoms. The number of imidazole rings is 1. The van der Waals surface area contributed by atoms with Gasteiger partial charge >= 0.3 is 0 Å². The maximum Gasteiger partial charge on any atom is 0.109 e. The van der Waals surface area contributed by atoms with Crippen molar-refractivity contribution < 1.29 is 0 Å². The van der Waals surface area contributed by atoms with E-state index < -0.39 is 0 Å². The van der Waals surface area contributed by atoms with Crippen LogP contribution in [0.25, 0.3) is 12.2 Å². The van der Waals surface area contributed by atoms with Gasteiger partial charge in [-0.25, -0.2) is 4.98 Å². The summed E-state index contributed by atoms with van der Waals surface area (Å²) >= 11 is 0. The topological polar surface area (TPSA) is 28.7 Å². The Hall–Kier alpha value is -1.31. The summed E-state index contributed by atoms with van der Waals surface area (Å²) in [5, 5.41) is 0. The smallest absolute Gasteiger partial charge is 0.109 e. The number of hydrogen-bond acceptors (Lipinski definition) is 1. The van der Waals surface area contributed by atoms with Crippen LogP contribution in [0, 0.1) is 0 Å². The van der Waals surface area contributed by atoms with Gasteiger partial charge in [-0.05, 0) is 12.2 Å². The zero-order valence-corrected chi connectivity index (χ0v) is 7.59. The molecule has 12 heavy (non-hydrogen) atoms. The molecular weight excluding hydrogens is 148 g/mol. The molecule has 0 aromatic carbocycles. The molecule has 0 amide bonds. The lowest BCUT2D eigenvalue weighted by Crippen LogP contribution is -1.89. The molecule has 0 fully saturated rings. The van der Waals surface area contributed by atoms with E-state index in [2.05, 4.69) is 37.0 Å². The molecule has 1 heterocycles. The molecule has 0 saturated heterocycles. The van der Waals surface area contributed by atoms with Crippen molar-refractivity contribution in [2.45, 2.75) is 19.8 Å². The number of aromatic nitrogens is 2. The average molecular weight is 162 g/mol. The Kier molecular flexibility index (Phi) is 2.48. The van der Waals surface area contributed by atoms with Gasteiger partial charge in [-0.15, -0.1) is 0 Å². The zero-order chi connectivity index (χ0) is 9.14. The van der Waals surface area contributed by atoms with Crippen LogP contribution in [0.5, 0.6) is 0 Å². The van der Waals surface area contributed by atoms with Gasteiger partial charge in [-0.3, -0.25) is 0 Å². The Labute approximate surface area is 73.0 Å². The van der Waals surface area contributed by atoms with Crippen LogP contribution in [0.3, 0.4) is 0 Å². The minimum atomic E-state index is 0.414. The zero-order valence-electron chi connectivity index (χ0n) is 7.59. The SMILES string of the molecule is C=Cc1nc(C(C)C)[nH]c1C=C. The second-order valence-corrected chi connectivity index (χ2v) is 2.98. The van der Waals surface area contributed by atoms with Crippen LogP contribution in [0.15, 0.2) is 13.2 Å². The molecule has 64 valence electrons. The fourth-order valence-corrected chi connectivity index (χ4v) is 1.00. The Morgan fingerprint density at radius 1 is 1.33 bits per heavy atom. The summed E-state index contributed by atoms with van der Waals surface area (Å²) < 4.78 is 0. The summed E-state index contributed by atoms with van der Waals surface area (Å²) in [6.07, 6.45) is 3.50. The third-order valence-electron chi connectivity index (χ3n) is 1.72. The first kappa shape index (κ1) is 8.78. The lowest BCUT2D eigenvalue weighted by molar-refractivity contribution is 0.793. The number of hydrogen-bond donors (Lipinski definition) is 1. The first-order chi connectivity index (χ1) is 5.69. The van der Waals surface area contributed by atoms with Crippen molar-refractivity contribution in [3.05, 3.63) is 30.4 Å². The Bertz CT molecular complexity index is 269. The lowest BCUT2D eigenvalue weighted by Gasteiger charge is -1.96. The summed E-state index contributed by atoms with van der Waals surface area (Å²) in [6.45, 7) is 11.6. The number of nitrogens with zero attached hydrogens (tertiary/aromatic N) is 1. The fraction of sp³-hybridized carbons (Fsp3) is 0.300. The highest BCUT2D eigenvalue weighted by Crippen LogP contribution is 2.15. The van der Waals surface area contributed by atoms with Gasteiger partial charge in [0, 0.05) is 5.92 Å². The monoisotopic (exact) mass is 162 g/mol. The molecule has 1 rings (SSSR count). The Balaban J connectivity index is 3.13. The van der Waals surface area contributed by atoms with Crippen LogP contribution in [0.4, 0.5) is 0 Å². The normalized spacial score (nSPS) is 10.2. The molecule has 0 aliphatic heterocycles. The van der Waals surface area contributed by atoms with Crippen molar-refractivity contribution >= 4 is 12.2 Å². The van der Waals surface area contributed by atoms with E-state index in [9.17, 15) is 0 Å². The molecule has 0 bridgehead atoms. The molecule has 0 radical (unpaired) electrons. The third kappa shape index (κ3) is 1.47. The second kappa shape index (κ2) is 3.39. The van der Waals surface area contributed by atoms with E-state index in [0.29, 0.717) is 5.92 Å². The van der Waals surface area contributed by atoms with E-state index in [-0.39, 0.29) is 0 Å². The van der Waals surface area contributed by atoms with E-state index in [4.69, 9.17) is 0 Å². The van der Waals surface area contributed by atoms with Gasteiger partial charge in [0.2, 0.25) is 0 Å². The summed E-state index contributed by atoms with van der Waals surface area (Å²) in [6, 6.07) is 0. The molecular formula is C10H14N2. The van der Waals surface area contributed by atoms with Crippen molar-refractivity contribution in [3.8, 4) is 0 Å². The predicted molar refractivity (Wildman–Crippen MR) is 52.9 cm³/mol. The van der Waals surface area contributed by atoms with E-state index in [0.717, 1.165) is 17.2 Å². The highest BCUT2D eigenvalue weighted by molar-refractivity contribution is 5.57. The van der Waals surface area contributed by atoms with Gasteiger partial charge in [0.15, 0.2) is 0 Å². The first-order valence-corrected chi connectivity index (χ1v) is 4.03. The largest absolute Gasteiger partial charge is 0.342 e. The molecule has 2 nitrogen and oxygen atoms in total. The number of nitrogens with one attached hydrogen (secondary N) is 1. The molecule has 0 aliphatic rings. The van der Waals surface area contributed by atoms with Crippen molar-refractivity contribution in [3.63, 3.8) is 0 Å². The van der Waals surface area contributed by atoms with Crippen LogP contribution in [-0.2, 0) is 0 Å². The molecule has 0 atom stereocenters. The highest BCUT2D eigenvalue weighted by atomic mass is 14.9. The van der Waals surface area contributed by atoms with Crippen LogP contribution < -0.4 is 0 Å². The van der Waals surface area contributed by atoms with Gasteiger partial charge in [0.05, 0.1) is 11.4 Å². The van der Waals surface area contributed by atoms with Crippen LogP contribution in [0.2, 0.25) is 0 Å². The van der Waals surface area contributed by atoms with E-state index in [1.165, 1.54) is 0 Å². The number of rotatable bonds is 3. The van der Waals surface area contributed by atoms with Gasteiger partial charge in [0.1, 0.15) is 5.82 Å². The minimum absolute atomic E-state index is 0.414. The number of H-pyrrole nitrogens is 1. The first-order valence-electron chi connectivity index (χ1n) is 4.03. The van der Waals surface area contributed by atoms with E-state index in [1.54, 1.807) is 12.2 Å². The van der Waals surface area contributed by atoms with E-state index >= 15 is 0 Å². The molecule has 0 saturated carbocycles. The molecule has 0 unspecified atom stereocenters. The van der Waals surface area contributed by atoms with Crippen LogP contribution in [0.1, 0.15) is 37.0 Å². The van der Waals surface area contributed by atoms with E-state index in [1.807, 2.05) is 0 Å². The summed E-state index contributed by atoms with van der Waals surface area (Å²) in [5.74, 6) is 1.40. The third-order valence-corrected chi connectivity index (χ3v) is 1.72. The Morgan fingerprint density at radius 2 is 2.00 bits per heavy atom. The summed E-state index contributed by atoms with van der Waals surface area (Å²) in [5.41, 5.74) is 1.84. The lowest BCUT2D eigenvalue weighted by atomic mass is 10.2.